The predicted molar refractivity (Wildman–Crippen MR) is 225 cm³/mol. The van der Waals surface area contributed by atoms with E-state index in [9.17, 15) is 45.6 Å². The first-order valence-electron chi connectivity index (χ1n) is 17.8. The van der Waals surface area contributed by atoms with Gasteiger partial charge in [0, 0.05) is 22.9 Å². The molecule has 0 radical (unpaired) electrons. The van der Waals surface area contributed by atoms with Crippen molar-refractivity contribution in [1.82, 2.24) is 0 Å². The van der Waals surface area contributed by atoms with Gasteiger partial charge in [-0.1, -0.05) is 101 Å². The number of allylic oxidation sites excluding steroid dienone is 2. The van der Waals surface area contributed by atoms with Crippen LogP contribution in [-0.2, 0) is 4.74 Å². The minimum Gasteiger partial charge on any atom is -0.501 e. The van der Waals surface area contributed by atoms with Crippen LogP contribution in [0.5, 0.6) is 17.2 Å². The summed E-state index contributed by atoms with van der Waals surface area (Å²) in [6.07, 6.45) is 2.86. The number of nitrogens with zero attached hydrogens (tertiary/aromatic N) is 8. The van der Waals surface area contributed by atoms with Crippen molar-refractivity contribution in [2.45, 2.75) is 34.1 Å². The fourth-order valence-corrected chi connectivity index (χ4v) is 4.79. The highest BCUT2D eigenvalue weighted by Crippen LogP contribution is 2.42. The molecule has 0 unspecified atom stereocenters. The molecule has 0 amide bonds. The zero-order chi connectivity index (χ0) is 44.9. The van der Waals surface area contributed by atoms with Gasteiger partial charge in [0.15, 0.2) is 0 Å². The van der Waals surface area contributed by atoms with Crippen LogP contribution in [0.15, 0.2) is 141 Å². The monoisotopic (exact) mass is 826 g/mol. The molecule has 0 heterocycles. The largest absolute Gasteiger partial charge is 0.501 e. The van der Waals surface area contributed by atoms with Crippen molar-refractivity contribution in [2.75, 3.05) is 21.3 Å². The molecule has 314 valence electrons. The highest BCUT2D eigenvalue weighted by Gasteiger charge is 2.24. The van der Waals surface area contributed by atoms with E-state index in [2.05, 4.69) is 45.6 Å². The number of methoxy groups -OCH3 is 3. The van der Waals surface area contributed by atoms with Gasteiger partial charge in [-0.2, -0.15) is 5.11 Å². The number of rotatable bonds is 13. The number of nitro groups is 4. The van der Waals surface area contributed by atoms with Crippen molar-refractivity contribution in [3.8, 4) is 17.2 Å². The van der Waals surface area contributed by atoms with Gasteiger partial charge in [-0.3, -0.25) is 40.5 Å². The Bertz CT molecular complexity index is 2480. The Morgan fingerprint density at radius 1 is 0.700 bits per heavy atom. The van der Waals surface area contributed by atoms with Crippen molar-refractivity contribution in [2.24, 2.45) is 20.5 Å². The summed E-state index contributed by atoms with van der Waals surface area (Å²) < 4.78 is 15.1. The predicted octanol–water partition coefficient (Wildman–Crippen LogP) is 11.6. The van der Waals surface area contributed by atoms with E-state index in [1.54, 1.807) is 24.3 Å². The molecule has 0 aromatic heterocycles. The second kappa shape index (κ2) is 23.8. The minimum atomic E-state index is -0.931. The van der Waals surface area contributed by atoms with E-state index in [1.165, 1.54) is 20.6 Å². The summed E-state index contributed by atoms with van der Waals surface area (Å²) in [6, 6.07) is 23.3. The maximum absolute atomic E-state index is 11.1. The Labute approximate surface area is 343 Å². The van der Waals surface area contributed by atoms with Gasteiger partial charge in [-0.05, 0) is 22.9 Å². The molecule has 60 heavy (non-hydrogen) atoms. The molecule has 1 N–H and O–H groups in total. The summed E-state index contributed by atoms with van der Waals surface area (Å²) in [6.45, 7) is 11.8. The molecule has 5 aromatic rings. The van der Waals surface area contributed by atoms with Gasteiger partial charge in [0.2, 0.25) is 5.75 Å². The summed E-state index contributed by atoms with van der Waals surface area (Å²) in [5.74, 6) is -0.752. The number of aromatic hydroxyl groups is 1. The minimum absolute atomic E-state index is 0.0864. The average Bonchev–Trinajstić information content (AvgIpc) is 3.24. The molecule has 0 spiro atoms. The van der Waals surface area contributed by atoms with Crippen LogP contribution in [0.4, 0.5) is 28.4 Å². The maximum atomic E-state index is 11.1. The lowest BCUT2D eigenvalue weighted by molar-refractivity contribution is -0.465. The summed E-state index contributed by atoms with van der Waals surface area (Å²) in [7, 11) is 3.96. The lowest BCUT2D eigenvalue weighted by Crippen LogP contribution is -2.04. The molecule has 0 saturated heterocycles. The van der Waals surface area contributed by atoms with Gasteiger partial charge in [-0.25, -0.2) is 0 Å². The Morgan fingerprint density at radius 3 is 1.63 bits per heavy atom. The number of hydrogen-bond acceptors (Lipinski definition) is 16. The number of ether oxygens (including phenoxy) is 3. The summed E-state index contributed by atoms with van der Waals surface area (Å²) in [5, 5.41) is 73.0. The Balaban J connectivity index is 0.000000374. The number of phenolic OH excluding ortho intramolecular Hbond substituents is 1. The van der Waals surface area contributed by atoms with Gasteiger partial charge in [-0.15, -0.1) is 15.3 Å². The number of hydrogen-bond donors (Lipinski definition) is 1. The number of phenols is 1. The third-order valence-corrected chi connectivity index (χ3v) is 7.35. The standard InChI is InChI=1S/C18H16N4O6.C17H12N4O6.C3H8.C2H6/c1-12(10-14(21(23)24)11-17(28-3)22(25)26)19-20-18-15-7-5-4-6-13(15)8-9-16(18)27-2;1-27-15-7-6-10-4-2-3-5-12(10)16(15)19-18-13-8-11(20(23)24)9-14(17(13)22)21(25)26;1-3-2;1-2/h4-11H,1H2,2-3H3;2-9,22H,1H3;3H2,1-2H3;1-2H3/b14-10+,17-11-,20-19?;;;. The van der Waals surface area contributed by atoms with Crippen LogP contribution in [0, 0.1) is 40.5 Å². The highest BCUT2D eigenvalue weighted by molar-refractivity contribution is 5.96. The molecule has 20 nitrogen and oxygen atoms in total. The number of non-ortho nitro benzene ring substituents is 1. The zero-order valence-electron chi connectivity index (χ0n) is 33.7. The van der Waals surface area contributed by atoms with E-state index in [4.69, 9.17) is 9.47 Å². The summed E-state index contributed by atoms with van der Waals surface area (Å²) in [5.41, 5.74) is -1.77. The third-order valence-electron chi connectivity index (χ3n) is 7.35. The Morgan fingerprint density at radius 2 is 1.20 bits per heavy atom. The van der Waals surface area contributed by atoms with Gasteiger partial charge in [0.1, 0.15) is 39.6 Å². The Kier molecular flexibility index (Phi) is 19.0. The SMILES string of the molecule is C=C(/C=C(\C=C(/OC)[N+](=O)[O-])[N+](=O)[O-])N=Nc1c(OC)ccc2ccccc12.CC.CCC.COc1ccc2ccccc2c1N=Nc1cc([N+](=O)[O-])cc([N+](=O)[O-])c1O. The first kappa shape index (κ1) is 48.0. The van der Waals surface area contributed by atoms with Crippen LogP contribution in [0.2, 0.25) is 0 Å². The van der Waals surface area contributed by atoms with Crippen LogP contribution >= 0.6 is 0 Å². The van der Waals surface area contributed by atoms with Crippen LogP contribution in [0.3, 0.4) is 0 Å². The van der Waals surface area contributed by atoms with Gasteiger partial charge in [0.25, 0.3) is 11.4 Å². The van der Waals surface area contributed by atoms with Gasteiger partial charge >= 0.3 is 11.6 Å². The van der Waals surface area contributed by atoms with Crippen LogP contribution in [0.1, 0.15) is 34.1 Å². The second-order valence-corrected chi connectivity index (χ2v) is 11.4. The van der Waals surface area contributed by atoms with E-state index in [-0.39, 0.29) is 5.70 Å². The summed E-state index contributed by atoms with van der Waals surface area (Å²) >= 11 is 0. The van der Waals surface area contributed by atoms with Crippen molar-refractivity contribution >= 4 is 50.0 Å². The van der Waals surface area contributed by atoms with Crippen LogP contribution in [-0.4, -0.2) is 46.1 Å². The van der Waals surface area contributed by atoms with Crippen molar-refractivity contribution in [3.63, 3.8) is 0 Å². The topological polar surface area (TPSA) is 270 Å². The first-order valence-corrected chi connectivity index (χ1v) is 17.8. The van der Waals surface area contributed by atoms with E-state index < -0.39 is 54.1 Å². The maximum Gasteiger partial charge on any atom is 0.434 e. The number of fused-ring (bicyclic) bond motifs is 2. The molecule has 0 aliphatic rings. The molecule has 0 fully saturated rings. The fourth-order valence-electron chi connectivity index (χ4n) is 4.79. The van der Waals surface area contributed by atoms with Crippen molar-refractivity contribution in [1.29, 1.82) is 0 Å². The van der Waals surface area contributed by atoms with Gasteiger partial charge < -0.3 is 19.3 Å². The first-order chi connectivity index (χ1) is 28.7. The van der Waals surface area contributed by atoms with E-state index in [1.807, 2.05) is 62.4 Å². The molecule has 0 atom stereocenters. The van der Waals surface area contributed by atoms with E-state index >= 15 is 0 Å². The smallest absolute Gasteiger partial charge is 0.434 e. The molecular weight excluding hydrogens is 784 g/mol. The molecule has 5 rings (SSSR count). The molecule has 0 bridgehead atoms. The molecule has 0 aliphatic carbocycles. The highest BCUT2D eigenvalue weighted by atomic mass is 16.7. The normalized spacial score (nSPS) is 11.1. The average molecular weight is 827 g/mol. The number of benzene rings is 5. The van der Waals surface area contributed by atoms with E-state index in [0.29, 0.717) is 40.4 Å². The van der Waals surface area contributed by atoms with Crippen LogP contribution < -0.4 is 9.47 Å². The van der Waals surface area contributed by atoms with Gasteiger partial charge in [0.05, 0.1) is 47.9 Å². The summed E-state index contributed by atoms with van der Waals surface area (Å²) in [4.78, 5) is 40.5. The fraction of sp³-hybridized carbons (Fsp3) is 0.200. The molecule has 5 aromatic carbocycles. The van der Waals surface area contributed by atoms with Crippen molar-refractivity contribution < 1.29 is 39.0 Å². The molecular formula is C40H42N8O12. The van der Waals surface area contributed by atoms with Crippen molar-refractivity contribution in [3.05, 3.63) is 161 Å². The van der Waals surface area contributed by atoms with E-state index in [0.717, 1.165) is 35.4 Å². The lowest BCUT2D eigenvalue weighted by Gasteiger charge is -2.07. The van der Waals surface area contributed by atoms with Crippen LogP contribution in [0.25, 0.3) is 21.5 Å². The molecule has 20 heteroatoms. The third kappa shape index (κ3) is 12.9. The zero-order valence-corrected chi connectivity index (χ0v) is 33.7. The molecule has 0 aliphatic heterocycles. The lowest BCUT2D eigenvalue weighted by atomic mass is 10.1. The molecule has 0 saturated carbocycles. The number of nitro benzene ring substituents is 2. The Hall–Kier alpha value is -8.16. The second-order valence-electron chi connectivity index (χ2n) is 11.4. The quantitative estimate of drug-likeness (QED) is 0.0381. The number of azo groups is 2.